The molecule has 2 aromatic rings. The van der Waals surface area contributed by atoms with Crippen molar-refractivity contribution in [2.75, 3.05) is 0 Å². The van der Waals surface area contributed by atoms with E-state index in [1.54, 1.807) is 6.20 Å². The molecule has 1 aliphatic carbocycles. The minimum Gasteiger partial charge on any atom is -0.480 e. The number of aliphatic carboxylic acids is 1. The van der Waals surface area contributed by atoms with E-state index in [1.807, 2.05) is 24.3 Å². The van der Waals surface area contributed by atoms with Gasteiger partial charge in [-0.2, -0.15) is 0 Å². The van der Waals surface area contributed by atoms with Crippen LogP contribution in [0, 0.1) is 12.8 Å². The molecule has 2 fully saturated rings. The molecular formula is C20H24N2O3. The monoisotopic (exact) mass is 340 g/mol. The Bertz CT molecular complexity index is 753. The summed E-state index contributed by atoms with van der Waals surface area (Å²) in [5.74, 6) is 1.12. The lowest BCUT2D eigenvalue weighted by atomic mass is 9.85. The van der Waals surface area contributed by atoms with Gasteiger partial charge in [-0.05, 0) is 32.1 Å². The van der Waals surface area contributed by atoms with E-state index < -0.39 is 12.0 Å². The topological polar surface area (TPSA) is 66.6 Å². The zero-order valence-electron chi connectivity index (χ0n) is 14.5. The van der Waals surface area contributed by atoms with Crippen LogP contribution in [0.2, 0.25) is 0 Å². The second-order valence-electron chi connectivity index (χ2n) is 7.36. The summed E-state index contributed by atoms with van der Waals surface area (Å²) >= 11 is 0. The van der Waals surface area contributed by atoms with Crippen LogP contribution in [0.4, 0.5) is 0 Å². The average Bonchev–Trinajstić information content (AvgIpc) is 3.21. The van der Waals surface area contributed by atoms with Crippen LogP contribution in [-0.2, 0) is 11.3 Å². The van der Waals surface area contributed by atoms with Crippen LogP contribution in [-0.4, -0.2) is 33.0 Å². The normalized spacial score (nSPS) is 26.5. The van der Waals surface area contributed by atoms with E-state index in [0.29, 0.717) is 24.4 Å². The van der Waals surface area contributed by atoms with Gasteiger partial charge in [-0.15, -0.1) is 0 Å². The van der Waals surface area contributed by atoms with Crippen molar-refractivity contribution in [1.82, 2.24) is 9.88 Å². The van der Waals surface area contributed by atoms with Crippen molar-refractivity contribution >= 4 is 5.97 Å². The van der Waals surface area contributed by atoms with Crippen molar-refractivity contribution in [2.45, 2.75) is 57.7 Å². The lowest BCUT2D eigenvalue weighted by molar-refractivity contribution is -0.143. The van der Waals surface area contributed by atoms with Crippen LogP contribution in [0.3, 0.4) is 0 Å². The molecule has 1 aromatic carbocycles. The predicted octanol–water partition coefficient (Wildman–Crippen LogP) is 3.87. The van der Waals surface area contributed by atoms with Crippen LogP contribution in [0.1, 0.15) is 43.6 Å². The number of likely N-dealkylation sites (tertiary alicyclic amines) is 1. The molecule has 0 amide bonds. The highest BCUT2D eigenvalue weighted by atomic mass is 16.4. The quantitative estimate of drug-likeness (QED) is 0.915. The van der Waals surface area contributed by atoms with Gasteiger partial charge in [0.25, 0.3) is 0 Å². The highest BCUT2D eigenvalue weighted by Crippen LogP contribution is 2.40. The maximum Gasteiger partial charge on any atom is 0.320 e. The SMILES string of the molecule is Cc1ccc(-c2cnc(CN3C(C(=O)O)CC4CCCCC43)o2)cc1. The Kier molecular flexibility index (Phi) is 4.34. The van der Waals surface area contributed by atoms with E-state index in [2.05, 4.69) is 16.8 Å². The first kappa shape index (κ1) is 16.3. The van der Waals surface area contributed by atoms with Gasteiger partial charge in [0.2, 0.25) is 5.89 Å². The summed E-state index contributed by atoms with van der Waals surface area (Å²) in [4.78, 5) is 18.2. The van der Waals surface area contributed by atoms with Gasteiger partial charge in [0.1, 0.15) is 6.04 Å². The van der Waals surface area contributed by atoms with Gasteiger partial charge < -0.3 is 9.52 Å². The van der Waals surface area contributed by atoms with E-state index in [9.17, 15) is 9.90 Å². The predicted molar refractivity (Wildman–Crippen MR) is 94.0 cm³/mol. The number of rotatable bonds is 4. The molecule has 1 N–H and O–H groups in total. The number of carboxylic acids is 1. The molecule has 1 aromatic heterocycles. The Labute approximate surface area is 147 Å². The molecular weight excluding hydrogens is 316 g/mol. The fourth-order valence-electron chi connectivity index (χ4n) is 4.41. The highest BCUT2D eigenvalue weighted by Gasteiger charge is 2.45. The van der Waals surface area contributed by atoms with Crippen LogP contribution >= 0.6 is 0 Å². The summed E-state index contributed by atoms with van der Waals surface area (Å²) in [6.45, 7) is 2.53. The molecule has 25 heavy (non-hydrogen) atoms. The van der Waals surface area contributed by atoms with E-state index in [1.165, 1.54) is 18.4 Å². The van der Waals surface area contributed by atoms with Crippen LogP contribution in [0.25, 0.3) is 11.3 Å². The van der Waals surface area contributed by atoms with Gasteiger partial charge in [-0.1, -0.05) is 42.7 Å². The van der Waals surface area contributed by atoms with Gasteiger partial charge in [-0.25, -0.2) is 4.98 Å². The van der Waals surface area contributed by atoms with E-state index in [4.69, 9.17) is 4.42 Å². The lowest BCUT2D eigenvalue weighted by Gasteiger charge is -2.32. The first-order chi connectivity index (χ1) is 12.1. The number of nitrogens with zero attached hydrogens (tertiary/aromatic N) is 2. The van der Waals surface area contributed by atoms with Gasteiger partial charge >= 0.3 is 5.97 Å². The molecule has 4 rings (SSSR count). The Balaban J connectivity index is 1.54. The third kappa shape index (κ3) is 3.21. The maximum atomic E-state index is 11.7. The summed E-state index contributed by atoms with van der Waals surface area (Å²) < 4.78 is 5.93. The van der Waals surface area contributed by atoms with Crippen molar-refractivity contribution in [3.63, 3.8) is 0 Å². The smallest absolute Gasteiger partial charge is 0.320 e. The minimum absolute atomic E-state index is 0.351. The molecule has 1 aliphatic heterocycles. The lowest BCUT2D eigenvalue weighted by Crippen LogP contribution is -2.41. The molecule has 1 saturated heterocycles. The molecule has 2 aliphatic rings. The molecule has 0 radical (unpaired) electrons. The summed E-state index contributed by atoms with van der Waals surface area (Å²) in [5, 5.41) is 9.63. The number of hydrogen-bond donors (Lipinski definition) is 1. The molecule has 0 spiro atoms. The number of hydrogen-bond acceptors (Lipinski definition) is 4. The number of aryl methyl sites for hydroxylation is 1. The third-order valence-corrected chi connectivity index (χ3v) is 5.71. The van der Waals surface area contributed by atoms with Crippen LogP contribution in [0.5, 0.6) is 0 Å². The van der Waals surface area contributed by atoms with E-state index >= 15 is 0 Å². The molecule has 3 atom stereocenters. The number of aromatic nitrogens is 1. The first-order valence-corrected chi connectivity index (χ1v) is 9.12. The van der Waals surface area contributed by atoms with Gasteiger partial charge in [0.05, 0.1) is 12.7 Å². The summed E-state index contributed by atoms with van der Waals surface area (Å²) in [7, 11) is 0. The Morgan fingerprint density at radius 1 is 1.28 bits per heavy atom. The van der Waals surface area contributed by atoms with Crippen molar-refractivity contribution in [3.8, 4) is 11.3 Å². The number of carbonyl (C=O) groups is 1. The molecule has 1 saturated carbocycles. The van der Waals surface area contributed by atoms with Gasteiger partial charge in [0.15, 0.2) is 5.76 Å². The van der Waals surface area contributed by atoms with Crippen molar-refractivity contribution in [3.05, 3.63) is 41.9 Å². The summed E-state index contributed by atoms with van der Waals surface area (Å²) in [6, 6.07) is 8.07. The molecule has 5 nitrogen and oxygen atoms in total. The average molecular weight is 340 g/mol. The molecule has 5 heteroatoms. The second kappa shape index (κ2) is 6.64. The van der Waals surface area contributed by atoms with E-state index in [-0.39, 0.29) is 0 Å². The fourth-order valence-corrected chi connectivity index (χ4v) is 4.41. The molecule has 0 bridgehead atoms. The van der Waals surface area contributed by atoms with Gasteiger partial charge in [0, 0.05) is 11.6 Å². The minimum atomic E-state index is -0.722. The zero-order valence-corrected chi connectivity index (χ0v) is 14.5. The van der Waals surface area contributed by atoms with Crippen LogP contribution < -0.4 is 0 Å². The largest absolute Gasteiger partial charge is 0.480 e. The second-order valence-corrected chi connectivity index (χ2v) is 7.36. The molecule has 3 unspecified atom stereocenters. The Morgan fingerprint density at radius 2 is 2.04 bits per heavy atom. The van der Waals surface area contributed by atoms with Crippen molar-refractivity contribution in [1.29, 1.82) is 0 Å². The third-order valence-electron chi connectivity index (χ3n) is 5.71. The van der Waals surface area contributed by atoms with E-state index in [0.717, 1.165) is 30.6 Å². The number of carboxylic acid groups (broad SMARTS) is 1. The molecule has 132 valence electrons. The van der Waals surface area contributed by atoms with Crippen molar-refractivity contribution < 1.29 is 14.3 Å². The maximum absolute atomic E-state index is 11.7. The number of benzene rings is 1. The van der Waals surface area contributed by atoms with Crippen molar-refractivity contribution in [2.24, 2.45) is 5.92 Å². The Morgan fingerprint density at radius 3 is 2.80 bits per heavy atom. The number of fused-ring (bicyclic) bond motifs is 1. The zero-order chi connectivity index (χ0) is 17.4. The summed E-state index contributed by atoms with van der Waals surface area (Å²) in [5.41, 5.74) is 2.20. The highest BCUT2D eigenvalue weighted by molar-refractivity contribution is 5.74. The standard InChI is InChI=1S/C20H24N2O3/c1-13-6-8-14(9-7-13)18-11-21-19(25-18)12-22-16-5-3-2-4-15(16)10-17(22)20(23)24/h6-9,11,15-17H,2-5,10,12H2,1H3,(H,23,24). The van der Waals surface area contributed by atoms with Gasteiger partial charge in [-0.3, -0.25) is 9.69 Å². The molecule has 2 heterocycles. The fraction of sp³-hybridized carbons (Fsp3) is 0.500. The number of oxazole rings is 1. The Hall–Kier alpha value is -2.14. The van der Waals surface area contributed by atoms with Crippen LogP contribution in [0.15, 0.2) is 34.9 Å². The summed E-state index contributed by atoms with van der Waals surface area (Å²) in [6.07, 6.45) is 7.13. The first-order valence-electron chi connectivity index (χ1n) is 9.12.